The average molecular weight is 296 g/mol. The summed E-state index contributed by atoms with van der Waals surface area (Å²) >= 11 is 0. The Balaban J connectivity index is 1.55. The summed E-state index contributed by atoms with van der Waals surface area (Å²) in [4.78, 5) is 0. The molecule has 1 saturated carbocycles. The summed E-state index contributed by atoms with van der Waals surface area (Å²) in [6.07, 6.45) is 12.3. The second-order valence-corrected chi connectivity index (χ2v) is 6.19. The maximum absolute atomic E-state index is 5.98. The van der Waals surface area contributed by atoms with Crippen molar-refractivity contribution >= 4 is 17.1 Å². The van der Waals surface area contributed by atoms with Crippen LogP contribution >= 0.6 is 0 Å². The molecule has 1 aromatic carbocycles. The zero-order chi connectivity index (χ0) is 15.4. The summed E-state index contributed by atoms with van der Waals surface area (Å²) in [5.74, 6) is 0.683. The molecule has 1 aromatic rings. The van der Waals surface area contributed by atoms with Crippen LogP contribution in [-0.2, 0) is 0 Å². The van der Waals surface area contributed by atoms with E-state index in [0.29, 0.717) is 12.0 Å². The van der Waals surface area contributed by atoms with Crippen LogP contribution in [0.4, 0.5) is 11.4 Å². The van der Waals surface area contributed by atoms with Crippen LogP contribution in [-0.4, -0.2) is 11.8 Å². The first-order valence-electron chi connectivity index (χ1n) is 8.02. The number of nitrogens with zero attached hydrogens (tertiary/aromatic N) is 1. The summed E-state index contributed by atoms with van der Waals surface area (Å²) < 4.78 is 0. The van der Waals surface area contributed by atoms with Crippen molar-refractivity contribution in [2.75, 3.05) is 11.2 Å². The molecule has 0 saturated heterocycles. The van der Waals surface area contributed by atoms with Crippen molar-refractivity contribution in [2.24, 2.45) is 16.8 Å². The fourth-order valence-electron chi connectivity index (χ4n) is 3.08. The van der Waals surface area contributed by atoms with Gasteiger partial charge in [-0.3, -0.25) is 5.43 Å². The quantitative estimate of drug-likeness (QED) is 0.590. The minimum atomic E-state index is 0.408. The molecule has 0 spiro atoms. The Morgan fingerprint density at radius 3 is 2.36 bits per heavy atom. The summed E-state index contributed by atoms with van der Waals surface area (Å²) in [7, 11) is 0. The van der Waals surface area contributed by atoms with E-state index in [1.54, 1.807) is 0 Å². The molecule has 2 aliphatic rings. The third-order valence-electron chi connectivity index (χ3n) is 4.50. The van der Waals surface area contributed by atoms with Crippen molar-refractivity contribution in [3.05, 3.63) is 48.1 Å². The van der Waals surface area contributed by atoms with Crippen molar-refractivity contribution < 1.29 is 0 Å². The molecule has 0 unspecified atom stereocenters. The van der Waals surface area contributed by atoms with E-state index < -0.39 is 0 Å². The first kappa shape index (κ1) is 14.9. The zero-order valence-electron chi connectivity index (χ0n) is 12.8. The molecular formula is C18H24N4. The van der Waals surface area contributed by atoms with Crippen molar-refractivity contribution in [3.63, 3.8) is 0 Å². The van der Waals surface area contributed by atoms with Gasteiger partial charge < -0.3 is 11.5 Å². The first-order valence-corrected chi connectivity index (χ1v) is 8.02. The van der Waals surface area contributed by atoms with Crippen molar-refractivity contribution in [1.29, 1.82) is 0 Å². The number of nitrogens with two attached hydrogens (primary N) is 2. The Bertz CT molecular complexity index is 590. The van der Waals surface area contributed by atoms with Gasteiger partial charge >= 0.3 is 0 Å². The van der Waals surface area contributed by atoms with E-state index in [2.05, 4.69) is 28.8 Å². The van der Waals surface area contributed by atoms with E-state index >= 15 is 0 Å². The summed E-state index contributed by atoms with van der Waals surface area (Å²) in [5, 5.41) is 4.45. The van der Waals surface area contributed by atoms with Gasteiger partial charge in [0.2, 0.25) is 0 Å². The maximum Gasteiger partial charge on any atom is 0.0645 e. The van der Waals surface area contributed by atoms with E-state index in [4.69, 9.17) is 11.5 Å². The Hall–Kier alpha value is -2.07. The number of hydrogen-bond donors (Lipinski definition) is 3. The molecule has 4 heteroatoms. The van der Waals surface area contributed by atoms with Crippen LogP contribution in [0.1, 0.15) is 32.1 Å². The standard InChI is InChI=1S/C18H24N4/c19-15-5-1-13(2-6-15)14-3-9-17(10-4-14)21-22-18-11-7-16(20)8-12-18/h3-4,7-9,11-13,15,22H,1-2,5-6,10,19-20H2/b21-17+. The van der Waals surface area contributed by atoms with Gasteiger partial charge in [0.05, 0.1) is 11.4 Å². The predicted molar refractivity (Wildman–Crippen MR) is 93.7 cm³/mol. The molecule has 1 fully saturated rings. The van der Waals surface area contributed by atoms with Crippen molar-refractivity contribution in [2.45, 2.75) is 38.1 Å². The van der Waals surface area contributed by atoms with Crippen LogP contribution in [0, 0.1) is 5.92 Å². The third kappa shape index (κ3) is 3.77. The maximum atomic E-state index is 5.98. The lowest BCUT2D eigenvalue weighted by Gasteiger charge is -2.28. The zero-order valence-corrected chi connectivity index (χ0v) is 12.8. The Labute approximate surface area is 132 Å². The first-order chi connectivity index (χ1) is 10.7. The number of nitrogens with one attached hydrogen (secondary N) is 1. The van der Waals surface area contributed by atoms with Crippen LogP contribution < -0.4 is 16.9 Å². The SMILES string of the molecule is Nc1ccc(N/N=C2\C=CC(C3CCC(N)CC3)=CC2)cc1. The van der Waals surface area contributed by atoms with Gasteiger partial charge in [-0.2, -0.15) is 5.10 Å². The number of allylic oxidation sites excluding steroid dienone is 4. The topological polar surface area (TPSA) is 76.4 Å². The van der Waals surface area contributed by atoms with Gasteiger partial charge in [0.15, 0.2) is 0 Å². The Kier molecular flexibility index (Phi) is 4.59. The molecule has 0 bridgehead atoms. The minimum Gasteiger partial charge on any atom is -0.399 e. The smallest absolute Gasteiger partial charge is 0.0645 e. The molecule has 2 aliphatic carbocycles. The van der Waals surface area contributed by atoms with Gasteiger partial charge in [-0.1, -0.05) is 12.2 Å². The fourth-order valence-corrected chi connectivity index (χ4v) is 3.08. The molecule has 22 heavy (non-hydrogen) atoms. The van der Waals surface area contributed by atoms with Crippen molar-refractivity contribution in [1.82, 2.24) is 0 Å². The van der Waals surface area contributed by atoms with Gasteiger partial charge in [0.25, 0.3) is 0 Å². The number of anilines is 2. The normalized spacial score (nSPS) is 26.8. The molecule has 0 aromatic heterocycles. The van der Waals surface area contributed by atoms with Crippen LogP contribution in [0.25, 0.3) is 0 Å². The van der Waals surface area contributed by atoms with Gasteiger partial charge in [0, 0.05) is 18.2 Å². The van der Waals surface area contributed by atoms with Crippen LogP contribution in [0.5, 0.6) is 0 Å². The highest BCUT2D eigenvalue weighted by molar-refractivity contribution is 5.98. The van der Waals surface area contributed by atoms with Crippen LogP contribution in [0.15, 0.2) is 53.2 Å². The largest absolute Gasteiger partial charge is 0.399 e. The monoisotopic (exact) mass is 296 g/mol. The molecule has 0 amide bonds. The molecule has 4 nitrogen and oxygen atoms in total. The highest BCUT2D eigenvalue weighted by Crippen LogP contribution is 2.31. The Morgan fingerprint density at radius 2 is 1.73 bits per heavy atom. The molecule has 0 heterocycles. The molecule has 116 valence electrons. The Morgan fingerprint density at radius 1 is 1.00 bits per heavy atom. The molecular weight excluding hydrogens is 272 g/mol. The van der Waals surface area contributed by atoms with E-state index in [0.717, 1.165) is 36.3 Å². The summed E-state index contributed by atoms with van der Waals surface area (Å²) in [5.41, 5.74) is 18.9. The van der Waals surface area contributed by atoms with Gasteiger partial charge in [0.1, 0.15) is 0 Å². The van der Waals surface area contributed by atoms with Crippen LogP contribution in [0.3, 0.4) is 0 Å². The van der Waals surface area contributed by atoms with E-state index in [1.807, 2.05) is 24.3 Å². The highest BCUT2D eigenvalue weighted by atomic mass is 15.3. The number of rotatable bonds is 3. The molecule has 0 atom stereocenters. The highest BCUT2D eigenvalue weighted by Gasteiger charge is 2.21. The average Bonchev–Trinajstić information content (AvgIpc) is 2.56. The fraction of sp³-hybridized carbons (Fsp3) is 0.389. The van der Waals surface area contributed by atoms with E-state index in [9.17, 15) is 0 Å². The predicted octanol–water partition coefficient (Wildman–Crippen LogP) is 3.44. The number of hydrazone groups is 1. The lowest BCUT2D eigenvalue weighted by molar-refractivity contribution is 0.366. The number of hydrogen-bond acceptors (Lipinski definition) is 4. The molecule has 5 N–H and O–H groups in total. The van der Waals surface area contributed by atoms with Gasteiger partial charge in [-0.25, -0.2) is 0 Å². The van der Waals surface area contributed by atoms with Gasteiger partial charge in [-0.05, 0) is 67.5 Å². The lowest BCUT2D eigenvalue weighted by Crippen LogP contribution is -2.27. The van der Waals surface area contributed by atoms with E-state index in [-0.39, 0.29) is 0 Å². The second-order valence-electron chi connectivity index (χ2n) is 6.19. The van der Waals surface area contributed by atoms with Gasteiger partial charge in [-0.15, -0.1) is 0 Å². The lowest BCUT2D eigenvalue weighted by atomic mass is 9.80. The number of benzene rings is 1. The third-order valence-corrected chi connectivity index (χ3v) is 4.50. The minimum absolute atomic E-state index is 0.408. The number of nitrogen functional groups attached to an aromatic ring is 1. The summed E-state index contributed by atoms with van der Waals surface area (Å²) in [6.45, 7) is 0. The van der Waals surface area contributed by atoms with E-state index in [1.165, 1.54) is 18.4 Å². The van der Waals surface area contributed by atoms with Crippen LogP contribution in [0.2, 0.25) is 0 Å². The summed E-state index contributed by atoms with van der Waals surface area (Å²) in [6, 6.07) is 8.00. The van der Waals surface area contributed by atoms with Crippen molar-refractivity contribution in [3.8, 4) is 0 Å². The second kappa shape index (κ2) is 6.79. The molecule has 0 aliphatic heterocycles. The molecule has 3 rings (SSSR count). The molecule has 0 radical (unpaired) electrons.